The summed E-state index contributed by atoms with van der Waals surface area (Å²) in [6, 6.07) is 8.33. The van der Waals surface area contributed by atoms with Gasteiger partial charge in [0.25, 0.3) is 0 Å². The molecule has 2 aliphatic heterocycles. The zero-order chi connectivity index (χ0) is 16.1. The second-order valence-corrected chi connectivity index (χ2v) is 6.88. The number of piperidine rings is 1. The Balaban J connectivity index is 1.51. The van der Waals surface area contributed by atoms with Crippen molar-refractivity contribution in [3.05, 3.63) is 29.8 Å². The monoisotopic (exact) mass is 319 g/mol. The maximum Gasteiger partial charge on any atom is 0.123 e. The molecule has 1 unspecified atom stereocenters. The van der Waals surface area contributed by atoms with Gasteiger partial charge in [-0.25, -0.2) is 0 Å². The molecule has 1 spiro atoms. The molecule has 2 fully saturated rings. The summed E-state index contributed by atoms with van der Waals surface area (Å²) in [6.45, 7) is 7.74. The number of ether oxygens (including phenoxy) is 3. The van der Waals surface area contributed by atoms with Crippen LogP contribution in [0.4, 0.5) is 0 Å². The Morgan fingerprint density at radius 1 is 1.26 bits per heavy atom. The first-order valence-corrected chi connectivity index (χ1v) is 8.78. The van der Waals surface area contributed by atoms with E-state index in [1.54, 1.807) is 7.11 Å². The average Bonchev–Trinajstić information content (AvgIpc) is 2.99. The minimum absolute atomic E-state index is 0.302. The molecule has 1 atom stereocenters. The highest BCUT2D eigenvalue weighted by atomic mass is 16.5. The number of hydrogen-bond donors (Lipinski definition) is 0. The van der Waals surface area contributed by atoms with E-state index in [1.807, 2.05) is 19.1 Å². The van der Waals surface area contributed by atoms with Crippen LogP contribution in [0.15, 0.2) is 24.3 Å². The number of hydrogen-bond acceptors (Lipinski definition) is 4. The molecule has 0 aromatic heterocycles. The fraction of sp³-hybridized carbons (Fsp3) is 0.684. The Bertz CT molecular complexity index is 497. The highest BCUT2D eigenvalue weighted by molar-refractivity contribution is 5.33. The largest absolute Gasteiger partial charge is 0.496 e. The van der Waals surface area contributed by atoms with Crippen molar-refractivity contribution in [1.82, 2.24) is 4.90 Å². The van der Waals surface area contributed by atoms with Crippen molar-refractivity contribution >= 4 is 0 Å². The predicted octanol–water partition coefficient (Wildman–Crippen LogP) is 3.10. The summed E-state index contributed by atoms with van der Waals surface area (Å²) in [4.78, 5) is 2.54. The molecule has 4 heteroatoms. The highest BCUT2D eigenvalue weighted by Gasteiger charge is 2.42. The van der Waals surface area contributed by atoms with E-state index >= 15 is 0 Å². The molecule has 0 N–H and O–H groups in total. The molecule has 23 heavy (non-hydrogen) atoms. The van der Waals surface area contributed by atoms with Gasteiger partial charge >= 0.3 is 0 Å². The van der Waals surface area contributed by atoms with Crippen molar-refractivity contribution in [2.24, 2.45) is 5.41 Å². The van der Waals surface area contributed by atoms with Gasteiger partial charge in [-0.05, 0) is 50.8 Å². The van der Waals surface area contributed by atoms with E-state index in [9.17, 15) is 0 Å². The molecule has 1 aromatic rings. The van der Waals surface area contributed by atoms with Crippen LogP contribution in [-0.2, 0) is 16.0 Å². The quantitative estimate of drug-likeness (QED) is 0.806. The van der Waals surface area contributed by atoms with E-state index in [1.165, 1.54) is 18.4 Å². The van der Waals surface area contributed by atoms with Gasteiger partial charge in [0.1, 0.15) is 5.75 Å². The van der Waals surface area contributed by atoms with Gasteiger partial charge in [0.05, 0.1) is 26.4 Å². The van der Waals surface area contributed by atoms with Crippen LogP contribution in [0.5, 0.6) is 5.75 Å². The summed E-state index contributed by atoms with van der Waals surface area (Å²) < 4.78 is 17.0. The number of rotatable bonds is 6. The minimum atomic E-state index is 0.302. The average molecular weight is 319 g/mol. The molecule has 2 heterocycles. The lowest BCUT2D eigenvalue weighted by atomic mass is 9.76. The molecule has 0 bridgehead atoms. The summed E-state index contributed by atoms with van der Waals surface area (Å²) in [5, 5.41) is 0. The summed E-state index contributed by atoms with van der Waals surface area (Å²) in [5.74, 6) is 0.994. The molecule has 0 aliphatic carbocycles. The Kier molecular flexibility index (Phi) is 5.57. The third-order valence-corrected chi connectivity index (χ3v) is 5.30. The molecule has 3 rings (SSSR count). The molecular formula is C19H29NO3. The highest BCUT2D eigenvalue weighted by Crippen LogP contribution is 2.42. The van der Waals surface area contributed by atoms with Gasteiger partial charge in [0, 0.05) is 18.7 Å². The van der Waals surface area contributed by atoms with E-state index in [2.05, 4.69) is 17.0 Å². The van der Waals surface area contributed by atoms with Crippen molar-refractivity contribution in [3.63, 3.8) is 0 Å². The first kappa shape index (κ1) is 16.7. The maximum absolute atomic E-state index is 5.97. The maximum atomic E-state index is 5.97. The Morgan fingerprint density at radius 2 is 2.04 bits per heavy atom. The first-order valence-electron chi connectivity index (χ1n) is 8.78. The lowest BCUT2D eigenvalue weighted by Gasteiger charge is -2.38. The molecule has 2 saturated heterocycles. The first-order chi connectivity index (χ1) is 11.2. The molecular weight excluding hydrogens is 290 g/mol. The molecule has 0 radical (unpaired) electrons. The molecule has 4 nitrogen and oxygen atoms in total. The topological polar surface area (TPSA) is 30.9 Å². The van der Waals surface area contributed by atoms with Crippen LogP contribution in [-0.4, -0.2) is 51.0 Å². The van der Waals surface area contributed by atoms with Gasteiger partial charge in [-0.1, -0.05) is 18.2 Å². The molecule has 128 valence electrons. The van der Waals surface area contributed by atoms with E-state index in [0.29, 0.717) is 11.5 Å². The molecule has 1 aromatic carbocycles. The van der Waals surface area contributed by atoms with Gasteiger partial charge < -0.3 is 14.2 Å². The summed E-state index contributed by atoms with van der Waals surface area (Å²) in [7, 11) is 1.75. The Labute approximate surface area is 139 Å². The number of benzene rings is 1. The predicted molar refractivity (Wildman–Crippen MR) is 90.8 cm³/mol. The van der Waals surface area contributed by atoms with Gasteiger partial charge in [0.15, 0.2) is 0 Å². The summed E-state index contributed by atoms with van der Waals surface area (Å²) >= 11 is 0. The number of likely N-dealkylation sites (tertiary alicyclic amines) is 1. The fourth-order valence-corrected chi connectivity index (χ4v) is 3.86. The van der Waals surface area contributed by atoms with Crippen LogP contribution in [0.2, 0.25) is 0 Å². The van der Waals surface area contributed by atoms with Crippen LogP contribution in [0.1, 0.15) is 31.7 Å². The molecule has 0 amide bonds. The SMILES string of the molecule is CCOCC1CC2(CCN(Cc3ccccc3OC)CC2)CO1. The number of methoxy groups -OCH3 is 1. The third-order valence-electron chi connectivity index (χ3n) is 5.30. The third kappa shape index (κ3) is 4.06. The summed E-state index contributed by atoms with van der Waals surface area (Å²) in [5.41, 5.74) is 1.67. The second-order valence-electron chi connectivity index (χ2n) is 6.88. The zero-order valence-electron chi connectivity index (χ0n) is 14.4. The number of nitrogens with zero attached hydrogens (tertiary/aromatic N) is 1. The van der Waals surface area contributed by atoms with E-state index in [0.717, 1.165) is 51.6 Å². The van der Waals surface area contributed by atoms with Crippen LogP contribution >= 0.6 is 0 Å². The zero-order valence-corrected chi connectivity index (χ0v) is 14.4. The molecule has 2 aliphatic rings. The van der Waals surface area contributed by atoms with E-state index < -0.39 is 0 Å². The van der Waals surface area contributed by atoms with Crippen molar-refractivity contribution < 1.29 is 14.2 Å². The van der Waals surface area contributed by atoms with Crippen molar-refractivity contribution in [1.29, 1.82) is 0 Å². The smallest absolute Gasteiger partial charge is 0.123 e. The van der Waals surface area contributed by atoms with Crippen LogP contribution in [0.25, 0.3) is 0 Å². The lowest BCUT2D eigenvalue weighted by Crippen LogP contribution is -2.40. The van der Waals surface area contributed by atoms with Gasteiger partial charge in [-0.3, -0.25) is 4.90 Å². The van der Waals surface area contributed by atoms with E-state index in [-0.39, 0.29) is 0 Å². The van der Waals surface area contributed by atoms with Gasteiger partial charge in [-0.2, -0.15) is 0 Å². The fourth-order valence-electron chi connectivity index (χ4n) is 3.86. The standard InChI is InChI=1S/C19H29NO3/c1-3-22-14-17-12-19(15-23-17)8-10-20(11-9-19)13-16-6-4-5-7-18(16)21-2/h4-7,17H,3,8-15H2,1-2H3. The Morgan fingerprint density at radius 3 is 2.78 bits per heavy atom. The summed E-state index contributed by atoms with van der Waals surface area (Å²) in [6.07, 6.45) is 3.92. The molecule has 0 saturated carbocycles. The van der Waals surface area contributed by atoms with Crippen LogP contribution in [0.3, 0.4) is 0 Å². The van der Waals surface area contributed by atoms with Crippen LogP contribution < -0.4 is 4.74 Å². The normalized spacial score (nSPS) is 24.2. The van der Waals surface area contributed by atoms with Crippen LogP contribution in [0, 0.1) is 5.41 Å². The van der Waals surface area contributed by atoms with E-state index in [4.69, 9.17) is 14.2 Å². The van der Waals surface area contributed by atoms with Crippen molar-refractivity contribution in [2.75, 3.05) is 40.0 Å². The van der Waals surface area contributed by atoms with Gasteiger partial charge in [0.2, 0.25) is 0 Å². The van der Waals surface area contributed by atoms with Crippen molar-refractivity contribution in [2.45, 2.75) is 38.8 Å². The lowest BCUT2D eigenvalue weighted by molar-refractivity contribution is 0.0157. The second kappa shape index (κ2) is 7.65. The number of para-hydroxylation sites is 1. The Hall–Kier alpha value is -1.10. The van der Waals surface area contributed by atoms with Crippen molar-refractivity contribution in [3.8, 4) is 5.75 Å². The minimum Gasteiger partial charge on any atom is -0.496 e. The van der Waals surface area contributed by atoms with Gasteiger partial charge in [-0.15, -0.1) is 0 Å².